The molecule has 1 rings (SSSR count). The normalized spacial score (nSPS) is 13.3. The standard InChI is InChI=1S/C11H22N4S/c1-4-15-6-5-13-11(15)7-10(14-12)8-16-9(2)3/h5-6,9-10,14H,4,7-8,12H2,1-3H3. The van der Waals surface area contributed by atoms with Crippen LogP contribution in [0.3, 0.4) is 0 Å². The second-order valence-corrected chi connectivity index (χ2v) is 5.69. The van der Waals surface area contributed by atoms with Crippen molar-refractivity contribution < 1.29 is 0 Å². The Kier molecular flexibility index (Phi) is 5.87. The third kappa shape index (κ3) is 4.15. The maximum atomic E-state index is 5.57. The SMILES string of the molecule is CCn1ccnc1CC(CSC(C)C)NN. The Bertz CT molecular complexity index is 298. The van der Waals surface area contributed by atoms with Crippen molar-refractivity contribution in [3.63, 3.8) is 0 Å². The van der Waals surface area contributed by atoms with Crippen LogP contribution in [0.1, 0.15) is 26.6 Å². The van der Waals surface area contributed by atoms with E-state index in [0.29, 0.717) is 11.3 Å². The number of aryl methyl sites for hydroxylation is 1. The highest BCUT2D eigenvalue weighted by atomic mass is 32.2. The van der Waals surface area contributed by atoms with Gasteiger partial charge in [-0.25, -0.2) is 4.98 Å². The first-order valence-corrected chi connectivity index (χ1v) is 6.80. The fourth-order valence-electron chi connectivity index (χ4n) is 1.51. The van der Waals surface area contributed by atoms with Crippen LogP contribution < -0.4 is 11.3 Å². The van der Waals surface area contributed by atoms with E-state index in [1.807, 2.05) is 24.2 Å². The van der Waals surface area contributed by atoms with Crippen LogP contribution in [0.25, 0.3) is 0 Å². The van der Waals surface area contributed by atoms with E-state index < -0.39 is 0 Å². The van der Waals surface area contributed by atoms with Crippen LogP contribution in [-0.4, -0.2) is 26.6 Å². The van der Waals surface area contributed by atoms with E-state index in [1.54, 1.807) is 0 Å². The zero-order valence-electron chi connectivity index (χ0n) is 10.3. The molecule has 0 saturated heterocycles. The van der Waals surface area contributed by atoms with Crippen LogP contribution in [0.15, 0.2) is 12.4 Å². The lowest BCUT2D eigenvalue weighted by molar-refractivity contribution is 0.543. The summed E-state index contributed by atoms with van der Waals surface area (Å²) >= 11 is 1.92. The minimum absolute atomic E-state index is 0.292. The highest BCUT2D eigenvalue weighted by Crippen LogP contribution is 2.12. The van der Waals surface area contributed by atoms with E-state index in [2.05, 4.69) is 35.7 Å². The Morgan fingerprint density at radius 3 is 2.88 bits per heavy atom. The Morgan fingerprint density at radius 2 is 2.31 bits per heavy atom. The van der Waals surface area contributed by atoms with Crippen molar-refractivity contribution in [3.8, 4) is 0 Å². The number of imidazole rings is 1. The zero-order valence-corrected chi connectivity index (χ0v) is 11.1. The summed E-state index contributed by atoms with van der Waals surface area (Å²) in [5, 5.41) is 0.641. The number of hydrogen-bond donors (Lipinski definition) is 2. The van der Waals surface area contributed by atoms with Gasteiger partial charge >= 0.3 is 0 Å². The number of hydrogen-bond acceptors (Lipinski definition) is 4. The molecular weight excluding hydrogens is 220 g/mol. The molecular formula is C11H22N4S. The van der Waals surface area contributed by atoms with Crippen LogP contribution in [0.5, 0.6) is 0 Å². The highest BCUT2D eigenvalue weighted by molar-refractivity contribution is 7.99. The van der Waals surface area contributed by atoms with Gasteiger partial charge in [0, 0.05) is 37.2 Å². The fourth-order valence-corrected chi connectivity index (χ4v) is 2.34. The first kappa shape index (κ1) is 13.5. The van der Waals surface area contributed by atoms with E-state index in [4.69, 9.17) is 5.84 Å². The number of nitrogens with zero attached hydrogens (tertiary/aromatic N) is 2. The number of nitrogens with one attached hydrogen (secondary N) is 1. The molecule has 92 valence electrons. The van der Waals surface area contributed by atoms with E-state index in [0.717, 1.165) is 24.5 Å². The van der Waals surface area contributed by atoms with Crippen LogP contribution in [0.4, 0.5) is 0 Å². The molecule has 0 bridgehead atoms. The average Bonchev–Trinajstić information content (AvgIpc) is 2.70. The molecule has 16 heavy (non-hydrogen) atoms. The molecule has 0 aromatic carbocycles. The molecule has 0 amide bonds. The van der Waals surface area contributed by atoms with Gasteiger partial charge in [-0.3, -0.25) is 11.3 Å². The molecule has 1 aromatic rings. The topological polar surface area (TPSA) is 55.9 Å². The highest BCUT2D eigenvalue weighted by Gasteiger charge is 2.12. The molecule has 4 nitrogen and oxygen atoms in total. The van der Waals surface area contributed by atoms with E-state index in [1.165, 1.54) is 0 Å². The van der Waals surface area contributed by atoms with Crippen molar-refractivity contribution in [2.75, 3.05) is 5.75 Å². The van der Waals surface area contributed by atoms with Crippen LogP contribution >= 0.6 is 11.8 Å². The summed E-state index contributed by atoms with van der Waals surface area (Å²) in [6.45, 7) is 7.49. The van der Waals surface area contributed by atoms with Crippen molar-refractivity contribution in [1.29, 1.82) is 0 Å². The van der Waals surface area contributed by atoms with Gasteiger partial charge in [-0.2, -0.15) is 11.8 Å². The number of rotatable bonds is 7. The van der Waals surface area contributed by atoms with Gasteiger partial charge in [-0.1, -0.05) is 13.8 Å². The summed E-state index contributed by atoms with van der Waals surface area (Å²) in [5.74, 6) is 7.69. The van der Waals surface area contributed by atoms with E-state index in [-0.39, 0.29) is 0 Å². The Hall–Kier alpha value is -0.520. The lowest BCUT2D eigenvalue weighted by atomic mass is 10.2. The van der Waals surface area contributed by atoms with E-state index in [9.17, 15) is 0 Å². The number of nitrogens with two attached hydrogens (primary N) is 1. The molecule has 1 heterocycles. The largest absolute Gasteiger partial charge is 0.335 e. The average molecular weight is 242 g/mol. The number of aromatic nitrogens is 2. The monoisotopic (exact) mass is 242 g/mol. The molecule has 5 heteroatoms. The van der Waals surface area contributed by atoms with Gasteiger partial charge in [0.05, 0.1) is 0 Å². The molecule has 0 saturated carbocycles. The van der Waals surface area contributed by atoms with Crippen LogP contribution in [-0.2, 0) is 13.0 Å². The zero-order chi connectivity index (χ0) is 12.0. The molecule has 0 aliphatic rings. The summed E-state index contributed by atoms with van der Waals surface area (Å²) < 4.78 is 2.16. The van der Waals surface area contributed by atoms with Gasteiger partial charge in [0.15, 0.2) is 0 Å². The maximum Gasteiger partial charge on any atom is 0.110 e. The van der Waals surface area contributed by atoms with Crippen molar-refractivity contribution in [3.05, 3.63) is 18.2 Å². The second-order valence-electron chi connectivity index (χ2n) is 4.08. The first-order valence-electron chi connectivity index (χ1n) is 5.75. The predicted molar refractivity (Wildman–Crippen MR) is 70.3 cm³/mol. The lowest BCUT2D eigenvalue weighted by Gasteiger charge is -2.16. The summed E-state index contributed by atoms with van der Waals surface area (Å²) in [6, 6.07) is 0.292. The van der Waals surface area contributed by atoms with Gasteiger partial charge in [0.2, 0.25) is 0 Å². The van der Waals surface area contributed by atoms with Gasteiger partial charge in [-0.15, -0.1) is 0 Å². The van der Waals surface area contributed by atoms with Gasteiger partial charge in [0.1, 0.15) is 5.82 Å². The molecule has 1 unspecified atom stereocenters. The summed E-state index contributed by atoms with van der Waals surface area (Å²) in [5.41, 5.74) is 2.87. The molecule has 0 spiro atoms. The van der Waals surface area contributed by atoms with E-state index >= 15 is 0 Å². The minimum atomic E-state index is 0.292. The third-order valence-corrected chi connectivity index (χ3v) is 3.70. The predicted octanol–water partition coefficient (Wildman–Crippen LogP) is 1.42. The van der Waals surface area contributed by atoms with Crippen LogP contribution in [0.2, 0.25) is 0 Å². The summed E-state index contributed by atoms with van der Waals surface area (Å²) in [7, 11) is 0. The second kappa shape index (κ2) is 6.93. The summed E-state index contributed by atoms with van der Waals surface area (Å²) in [4.78, 5) is 4.36. The Morgan fingerprint density at radius 1 is 1.56 bits per heavy atom. The van der Waals surface area contributed by atoms with Gasteiger partial charge in [0.25, 0.3) is 0 Å². The number of thioether (sulfide) groups is 1. The van der Waals surface area contributed by atoms with Gasteiger partial charge < -0.3 is 4.57 Å². The molecule has 1 atom stereocenters. The molecule has 1 aromatic heterocycles. The fraction of sp³-hybridized carbons (Fsp3) is 0.727. The minimum Gasteiger partial charge on any atom is -0.335 e. The quantitative estimate of drug-likeness (QED) is 0.561. The maximum absolute atomic E-state index is 5.57. The van der Waals surface area contributed by atoms with Crippen molar-refractivity contribution in [2.24, 2.45) is 5.84 Å². The Balaban J connectivity index is 2.49. The Labute approximate surface area is 102 Å². The first-order chi connectivity index (χ1) is 7.67. The molecule has 0 radical (unpaired) electrons. The molecule has 0 aliphatic carbocycles. The van der Waals surface area contributed by atoms with Crippen LogP contribution in [0, 0.1) is 0 Å². The van der Waals surface area contributed by atoms with Gasteiger partial charge in [-0.05, 0) is 12.2 Å². The molecule has 3 N–H and O–H groups in total. The van der Waals surface area contributed by atoms with Crippen molar-refractivity contribution in [1.82, 2.24) is 15.0 Å². The summed E-state index contributed by atoms with van der Waals surface area (Å²) in [6.07, 6.45) is 4.75. The molecule has 0 aliphatic heterocycles. The van der Waals surface area contributed by atoms with Crippen molar-refractivity contribution in [2.45, 2.75) is 45.0 Å². The molecule has 0 fully saturated rings. The van der Waals surface area contributed by atoms with Crippen molar-refractivity contribution >= 4 is 11.8 Å². The smallest absolute Gasteiger partial charge is 0.110 e. The lowest BCUT2D eigenvalue weighted by Crippen LogP contribution is -2.39. The number of hydrazine groups is 1. The third-order valence-electron chi connectivity index (χ3n) is 2.44.